The van der Waals surface area contributed by atoms with Gasteiger partial charge in [-0.05, 0) is 62.2 Å². The van der Waals surface area contributed by atoms with E-state index in [1.54, 1.807) is 4.90 Å². The molecule has 0 aromatic heterocycles. The molecule has 8 nitrogen and oxygen atoms in total. The van der Waals surface area contributed by atoms with Gasteiger partial charge in [0, 0.05) is 13.1 Å². The summed E-state index contributed by atoms with van der Waals surface area (Å²) in [5, 5.41) is 2.84. The second-order valence-corrected chi connectivity index (χ2v) is 10.2. The summed E-state index contributed by atoms with van der Waals surface area (Å²) in [6.45, 7) is 5.34. The van der Waals surface area contributed by atoms with Crippen molar-refractivity contribution in [1.29, 1.82) is 0 Å². The lowest BCUT2D eigenvalue weighted by atomic mass is 9.48. The van der Waals surface area contributed by atoms with Crippen LogP contribution in [0.15, 0.2) is 0 Å². The van der Waals surface area contributed by atoms with E-state index in [2.05, 4.69) is 5.32 Å². The predicted molar refractivity (Wildman–Crippen MR) is 108 cm³/mol. The van der Waals surface area contributed by atoms with Gasteiger partial charge in [-0.25, -0.2) is 9.59 Å². The largest absolute Gasteiger partial charge is 0.469 e. The molecule has 4 saturated carbocycles. The first kappa shape index (κ1) is 21.2. The molecule has 0 spiro atoms. The number of alkyl carbamates (subject to hydrolysis) is 1. The zero-order valence-electron chi connectivity index (χ0n) is 18.2. The summed E-state index contributed by atoms with van der Waals surface area (Å²) in [5.41, 5.74) is -0.368. The number of methoxy groups -OCH3 is 1. The van der Waals surface area contributed by atoms with Crippen LogP contribution in [0.4, 0.5) is 9.59 Å². The Morgan fingerprint density at radius 3 is 2.47 bits per heavy atom. The van der Waals surface area contributed by atoms with Crippen LogP contribution in [-0.4, -0.2) is 62.0 Å². The van der Waals surface area contributed by atoms with Crippen LogP contribution in [0.25, 0.3) is 0 Å². The van der Waals surface area contributed by atoms with Crippen LogP contribution in [-0.2, 0) is 19.0 Å². The molecule has 1 heterocycles. The number of esters is 1. The summed E-state index contributed by atoms with van der Waals surface area (Å²) >= 11 is 0. The maximum Gasteiger partial charge on any atom is 0.410 e. The molecule has 5 rings (SSSR count). The van der Waals surface area contributed by atoms with Crippen LogP contribution in [0.3, 0.4) is 0 Å². The number of carbonyl (C=O) groups is 3. The molecule has 8 heteroatoms. The molecule has 4 aliphatic carbocycles. The van der Waals surface area contributed by atoms with E-state index in [1.165, 1.54) is 7.11 Å². The zero-order valence-corrected chi connectivity index (χ0v) is 18.2. The maximum absolute atomic E-state index is 12.8. The molecule has 30 heavy (non-hydrogen) atoms. The smallest absolute Gasteiger partial charge is 0.410 e. The highest BCUT2D eigenvalue weighted by molar-refractivity contribution is 5.77. The maximum atomic E-state index is 12.8. The Hall–Kier alpha value is -1.99. The van der Waals surface area contributed by atoms with E-state index in [4.69, 9.17) is 14.2 Å². The number of ether oxygens (including phenoxy) is 3. The van der Waals surface area contributed by atoms with Crippen LogP contribution in [0.2, 0.25) is 0 Å². The van der Waals surface area contributed by atoms with Crippen molar-refractivity contribution in [2.45, 2.75) is 64.5 Å². The van der Waals surface area contributed by atoms with Crippen molar-refractivity contribution < 1.29 is 28.6 Å². The number of nitrogens with one attached hydrogen (secondary N) is 1. The standard InChI is InChI=1S/C22H34N2O6/c1-13(2)12-29-20(26)23-17-4-5-24(11-17)21(27)30-18-15-6-14-7-16(18)10-22(8-14,9-15)19(25)28-3/h13-18H,4-12H2,1-3H3,(H,23,26). The van der Waals surface area contributed by atoms with Gasteiger partial charge in [0.1, 0.15) is 6.10 Å². The number of rotatable bonds is 5. The summed E-state index contributed by atoms with van der Waals surface area (Å²) in [4.78, 5) is 38.8. The fourth-order valence-electron chi connectivity index (χ4n) is 6.32. The second-order valence-electron chi connectivity index (χ2n) is 10.2. The van der Waals surface area contributed by atoms with Crippen LogP contribution >= 0.6 is 0 Å². The average Bonchev–Trinajstić information content (AvgIpc) is 3.16. The number of hydrogen-bond acceptors (Lipinski definition) is 6. The highest BCUT2D eigenvalue weighted by atomic mass is 16.6. The van der Waals surface area contributed by atoms with Gasteiger partial charge >= 0.3 is 18.2 Å². The molecule has 3 atom stereocenters. The quantitative estimate of drug-likeness (QED) is 0.541. The third-order valence-electron chi connectivity index (χ3n) is 7.36. The van der Waals surface area contributed by atoms with Crippen molar-refractivity contribution in [3.8, 4) is 0 Å². The molecule has 5 fully saturated rings. The van der Waals surface area contributed by atoms with E-state index >= 15 is 0 Å². The molecule has 2 amide bonds. The van der Waals surface area contributed by atoms with Gasteiger partial charge in [0.2, 0.25) is 0 Å². The topological polar surface area (TPSA) is 94.2 Å². The molecule has 168 valence electrons. The Morgan fingerprint density at radius 1 is 1.13 bits per heavy atom. The van der Waals surface area contributed by atoms with Gasteiger partial charge in [-0.2, -0.15) is 0 Å². The van der Waals surface area contributed by atoms with Crippen LogP contribution in [0.5, 0.6) is 0 Å². The third-order valence-corrected chi connectivity index (χ3v) is 7.36. The van der Waals surface area contributed by atoms with Crippen molar-refractivity contribution in [1.82, 2.24) is 10.2 Å². The van der Waals surface area contributed by atoms with Crippen molar-refractivity contribution >= 4 is 18.2 Å². The normalized spacial score (nSPS) is 36.7. The number of carbonyl (C=O) groups excluding carboxylic acids is 3. The van der Waals surface area contributed by atoms with Gasteiger partial charge in [-0.1, -0.05) is 13.8 Å². The predicted octanol–water partition coefficient (Wildman–Crippen LogP) is 2.95. The molecule has 0 aromatic carbocycles. The molecule has 0 radical (unpaired) electrons. The van der Waals surface area contributed by atoms with Gasteiger partial charge in [0.15, 0.2) is 0 Å². The molecule has 1 saturated heterocycles. The number of nitrogens with zero attached hydrogens (tertiary/aromatic N) is 1. The molecule has 1 N–H and O–H groups in total. The third kappa shape index (κ3) is 4.10. The fraction of sp³-hybridized carbons (Fsp3) is 0.864. The van der Waals surface area contributed by atoms with E-state index in [9.17, 15) is 14.4 Å². The van der Waals surface area contributed by atoms with E-state index < -0.39 is 6.09 Å². The molecule has 1 aliphatic heterocycles. The Balaban J connectivity index is 1.29. The number of hydrogen-bond donors (Lipinski definition) is 1. The molecule has 4 bridgehead atoms. The van der Waals surface area contributed by atoms with Gasteiger partial charge in [0.25, 0.3) is 0 Å². The van der Waals surface area contributed by atoms with Crippen LogP contribution in [0.1, 0.15) is 52.4 Å². The lowest BCUT2D eigenvalue weighted by molar-refractivity contribution is -0.182. The summed E-state index contributed by atoms with van der Waals surface area (Å²) in [5.74, 6) is 1.20. The molecule has 3 unspecified atom stereocenters. The van der Waals surface area contributed by atoms with Gasteiger partial charge in [-0.15, -0.1) is 0 Å². The minimum absolute atomic E-state index is 0.0931. The molecular formula is C22H34N2O6. The van der Waals surface area contributed by atoms with Gasteiger partial charge in [0.05, 0.1) is 25.2 Å². The van der Waals surface area contributed by atoms with Crippen molar-refractivity contribution in [3.05, 3.63) is 0 Å². The SMILES string of the molecule is COC(=O)C12CC3CC(C1)C(OC(=O)N1CCC(NC(=O)OCC(C)C)C1)C(C3)C2. The van der Waals surface area contributed by atoms with Crippen molar-refractivity contribution in [3.63, 3.8) is 0 Å². The first-order valence-electron chi connectivity index (χ1n) is 11.3. The van der Waals surface area contributed by atoms with Gasteiger partial charge in [-0.3, -0.25) is 4.79 Å². The first-order chi connectivity index (χ1) is 14.3. The minimum Gasteiger partial charge on any atom is -0.469 e. The van der Waals surface area contributed by atoms with E-state index in [1.807, 2.05) is 13.8 Å². The van der Waals surface area contributed by atoms with E-state index in [0.717, 1.165) is 32.1 Å². The zero-order chi connectivity index (χ0) is 21.5. The Labute approximate surface area is 178 Å². The van der Waals surface area contributed by atoms with Gasteiger partial charge < -0.3 is 24.4 Å². The summed E-state index contributed by atoms with van der Waals surface area (Å²) in [6, 6.07) is -0.113. The fourth-order valence-corrected chi connectivity index (χ4v) is 6.32. The number of amides is 2. The molecule has 0 aromatic rings. The highest BCUT2D eigenvalue weighted by Gasteiger charge is 2.60. The van der Waals surface area contributed by atoms with Crippen LogP contribution < -0.4 is 5.32 Å². The number of likely N-dealkylation sites (tertiary alicyclic amines) is 1. The average molecular weight is 423 g/mol. The highest BCUT2D eigenvalue weighted by Crippen LogP contribution is 2.61. The van der Waals surface area contributed by atoms with Crippen molar-refractivity contribution in [2.75, 3.05) is 26.8 Å². The van der Waals surface area contributed by atoms with E-state index in [0.29, 0.717) is 32.0 Å². The molecule has 5 aliphatic rings. The molecular weight excluding hydrogens is 388 g/mol. The Bertz CT molecular complexity index is 679. The lowest BCUT2D eigenvalue weighted by Crippen LogP contribution is -2.58. The monoisotopic (exact) mass is 422 g/mol. The second kappa shape index (κ2) is 8.27. The van der Waals surface area contributed by atoms with E-state index in [-0.39, 0.29) is 47.4 Å². The summed E-state index contributed by atoms with van der Waals surface area (Å²) in [7, 11) is 1.47. The summed E-state index contributed by atoms with van der Waals surface area (Å²) in [6.07, 6.45) is 4.33. The first-order valence-corrected chi connectivity index (χ1v) is 11.3. The van der Waals surface area contributed by atoms with Crippen molar-refractivity contribution in [2.24, 2.45) is 29.1 Å². The van der Waals surface area contributed by atoms with Crippen LogP contribution in [0, 0.1) is 29.1 Å². The summed E-state index contributed by atoms with van der Waals surface area (Å²) < 4.78 is 16.3. The lowest BCUT2D eigenvalue weighted by Gasteiger charge is -2.57. The Kier molecular flexibility index (Phi) is 5.86. The Morgan fingerprint density at radius 2 is 1.83 bits per heavy atom. The minimum atomic E-state index is -0.432.